The molecule has 0 bridgehead atoms. The highest BCUT2D eigenvalue weighted by Crippen LogP contribution is 2.41. The van der Waals surface area contributed by atoms with E-state index in [9.17, 15) is 31.1 Å². The Hall–Kier alpha value is -3.01. The van der Waals surface area contributed by atoms with E-state index >= 15 is 0 Å². The van der Waals surface area contributed by atoms with Crippen molar-refractivity contribution >= 4 is 23.2 Å². The Balaban J connectivity index is 2.25. The van der Waals surface area contributed by atoms with E-state index in [0.717, 1.165) is 12.1 Å². The van der Waals surface area contributed by atoms with Crippen molar-refractivity contribution in [2.75, 3.05) is 5.32 Å². The van der Waals surface area contributed by atoms with Crippen molar-refractivity contribution < 1.29 is 31.1 Å². The maximum Gasteiger partial charge on any atom is 0.436 e. The Labute approximate surface area is 171 Å². The zero-order chi connectivity index (χ0) is 22.3. The van der Waals surface area contributed by atoms with Gasteiger partial charge in [0.1, 0.15) is 5.56 Å². The van der Waals surface area contributed by atoms with Crippen LogP contribution in [0, 0.1) is 6.92 Å². The zero-order valence-corrected chi connectivity index (χ0v) is 15.8. The predicted octanol–water partition coefficient (Wildman–Crippen LogP) is 6.12. The standard InChI is InChI=1S/C19H12ClF6N3O/c1-10-12(20)8-5-9-13(10)27-17(30)14-15(18(21,22)23)28-29(16(14)19(24,25)26)11-6-3-2-4-7-11/h2-9H,1H3,(H,27,30). The van der Waals surface area contributed by atoms with Gasteiger partial charge in [0.2, 0.25) is 0 Å². The molecule has 1 heterocycles. The van der Waals surface area contributed by atoms with E-state index in [2.05, 4.69) is 10.4 Å². The maximum absolute atomic E-state index is 13.8. The molecule has 0 atom stereocenters. The Bertz CT molecular complexity index is 1090. The minimum absolute atomic E-state index is 0.0267. The fourth-order valence-corrected chi connectivity index (χ4v) is 2.95. The van der Waals surface area contributed by atoms with E-state index < -0.39 is 35.2 Å². The van der Waals surface area contributed by atoms with Crippen molar-refractivity contribution in [1.29, 1.82) is 0 Å². The number of hydrogen-bond donors (Lipinski definition) is 1. The van der Waals surface area contributed by atoms with E-state index in [1.165, 1.54) is 43.3 Å². The van der Waals surface area contributed by atoms with Crippen LogP contribution in [-0.2, 0) is 12.4 Å². The van der Waals surface area contributed by atoms with Gasteiger partial charge >= 0.3 is 12.4 Å². The van der Waals surface area contributed by atoms with Gasteiger partial charge in [-0.1, -0.05) is 35.9 Å². The van der Waals surface area contributed by atoms with E-state index in [1.54, 1.807) is 0 Å². The molecule has 1 aromatic heterocycles. The average molecular weight is 448 g/mol. The lowest BCUT2D eigenvalue weighted by atomic mass is 10.1. The second-order valence-corrected chi connectivity index (χ2v) is 6.59. The van der Waals surface area contributed by atoms with E-state index in [0.29, 0.717) is 0 Å². The highest BCUT2D eigenvalue weighted by Gasteiger charge is 2.49. The van der Waals surface area contributed by atoms with Crippen molar-refractivity contribution in [1.82, 2.24) is 9.78 Å². The molecule has 1 amide bonds. The minimum atomic E-state index is -5.31. The van der Waals surface area contributed by atoms with Gasteiger partial charge < -0.3 is 5.32 Å². The summed E-state index contributed by atoms with van der Waals surface area (Å²) in [6, 6.07) is 10.6. The summed E-state index contributed by atoms with van der Waals surface area (Å²) in [5.41, 5.74) is -5.44. The summed E-state index contributed by atoms with van der Waals surface area (Å²) in [5.74, 6) is -1.61. The fourth-order valence-electron chi connectivity index (χ4n) is 2.78. The minimum Gasteiger partial charge on any atom is -0.322 e. The molecule has 0 saturated carbocycles. The third-order valence-electron chi connectivity index (χ3n) is 4.17. The van der Waals surface area contributed by atoms with Gasteiger partial charge in [0.15, 0.2) is 11.4 Å². The van der Waals surface area contributed by atoms with Crippen LogP contribution in [0.5, 0.6) is 0 Å². The van der Waals surface area contributed by atoms with Crippen LogP contribution in [0.3, 0.4) is 0 Å². The van der Waals surface area contributed by atoms with E-state index in [4.69, 9.17) is 11.6 Å². The summed E-state index contributed by atoms with van der Waals surface area (Å²) in [6.45, 7) is 1.46. The molecule has 0 aliphatic rings. The Morgan fingerprint density at radius 1 is 0.967 bits per heavy atom. The number of carbonyl (C=O) groups is 1. The lowest BCUT2D eigenvalue weighted by molar-refractivity contribution is -0.144. The molecule has 0 aliphatic heterocycles. The number of halogens is 7. The first-order valence-corrected chi connectivity index (χ1v) is 8.68. The molecule has 0 radical (unpaired) electrons. The van der Waals surface area contributed by atoms with Crippen molar-refractivity contribution in [2.24, 2.45) is 0 Å². The number of carbonyl (C=O) groups excluding carboxylic acids is 1. The Morgan fingerprint density at radius 2 is 1.60 bits per heavy atom. The van der Waals surface area contributed by atoms with Gasteiger partial charge in [-0.2, -0.15) is 31.4 Å². The van der Waals surface area contributed by atoms with E-state index in [1.807, 2.05) is 0 Å². The number of benzene rings is 2. The molecule has 11 heteroatoms. The largest absolute Gasteiger partial charge is 0.436 e. The number of amides is 1. The first-order chi connectivity index (χ1) is 13.9. The number of nitrogens with zero attached hydrogens (tertiary/aromatic N) is 2. The molecule has 0 aliphatic carbocycles. The summed E-state index contributed by atoms with van der Waals surface area (Å²) in [4.78, 5) is 12.6. The quantitative estimate of drug-likeness (QED) is 0.491. The topological polar surface area (TPSA) is 46.9 Å². The van der Waals surface area contributed by atoms with Crippen LogP contribution in [0.4, 0.5) is 32.0 Å². The second-order valence-electron chi connectivity index (χ2n) is 6.18. The second kappa shape index (κ2) is 7.67. The van der Waals surface area contributed by atoms with Crippen molar-refractivity contribution in [2.45, 2.75) is 19.3 Å². The first-order valence-electron chi connectivity index (χ1n) is 8.30. The number of para-hydroxylation sites is 1. The summed E-state index contributed by atoms with van der Waals surface area (Å²) in [7, 11) is 0. The number of aromatic nitrogens is 2. The molecule has 0 saturated heterocycles. The molecule has 30 heavy (non-hydrogen) atoms. The van der Waals surface area contributed by atoms with Gasteiger partial charge in [-0.3, -0.25) is 4.79 Å². The molecule has 0 unspecified atom stereocenters. The van der Waals surface area contributed by atoms with Gasteiger partial charge in [-0.25, -0.2) is 4.68 Å². The molecular formula is C19H12ClF6N3O. The normalized spacial score (nSPS) is 12.1. The number of rotatable bonds is 3. The average Bonchev–Trinajstić information content (AvgIpc) is 3.08. The summed E-state index contributed by atoms with van der Waals surface area (Å²) in [6.07, 6.45) is -10.6. The lowest BCUT2D eigenvalue weighted by Crippen LogP contribution is -2.23. The van der Waals surface area contributed by atoms with Crippen LogP contribution >= 0.6 is 11.6 Å². The molecule has 158 valence electrons. The summed E-state index contributed by atoms with van der Waals surface area (Å²) < 4.78 is 82.1. The third-order valence-corrected chi connectivity index (χ3v) is 4.58. The number of nitrogens with one attached hydrogen (secondary N) is 1. The van der Waals surface area contributed by atoms with Gasteiger partial charge in [0.25, 0.3) is 5.91 Å². The summed E-state index contributed by atoms with van der Waals surface area (Å²) in [5, 5.41) is 5.37. The third kappa shape index (κ3) is 4.13. The highest BCUT2D eigenvalue weighted by atomic mass is 35.5. The SMILES string of the molecule is Cc1c(Cl)cccc1NC(=O)c1c(C(F)(F)F)nn(-c2ccccc2)c1C(F)(F)F. The van der Waals surface area contributed by atoms with Crippen molar-refractivity contribution in [3.8, 4) is 5.69 Å². The maximum atomic E-state index is 13.8. The molecule has 3 rings (SSSR count). The van der Waals surface area contributed by atoms with E-state index in [-0.39, 0.29) is 26.6 Å². The van der Waals surface area contributed by atoms with Crippen molar-refractivity contribution in [3.63, 3.8) is 0 Å². The Kier molecular flexibility index (Phi) is 5.55. The number of alkyl halides is 6. The zero-order valence-electron chi connectivity index (χ0n) is 15.1. The monoisotopic (exact) mass is 447 g/mol. The molecule has 4 nitrogen and oxygen atoms in total. The Morgan fingerprint density at radius 3 is 2.17 bits per heavy atom. The smallest absolute Gasteiger partial charge is 0.322 e. The van der Waals surface area contributed by atoms with Crippen molar-refractivity contribution in [3.05, 3.63) is 76.1 Å². The molecule has 1 N–H and O–H groups in total. The van der Waals surface area contributed by atoms with Gasteiger partial charge in [-0.05, 0) is 36.8 Å². The van der Waals surface area contributed by atoms with Crippen LogP contribution in [0.1, 0.15) is 27.3 Å². The highest BCUT2D eigenvalue weighted by molar-refractivity contribution is 6.31. The first kappa shape index (κ1) is 21.7. The fraction of sp³-hybridized carbons (Fsp3) is 0.158. The molecule has 2 aromatic carbocycles. The summed E-state index contributed by atoms with van der Waals surface area (Å²) >= 11 is 5.91. The number of anilines is 1. The van der Waals surface area contributed by atoms with Crippen LogP contribution < -0.4 is 5.32 Å². The van der Waals surface area contributed by atoms with Crippen LogP contribution in [-0.4, -0.2) is 15.7 Å². The van der Waals surface area contributed by atoms with Gasteiger partial charge in [-0.15, -0.1) is 0 Å². The molecule has 0 spiro atoms. The molecular weight excluding hydrogens is 436 g/mol. The molecule has 3 aromatic rings. The lowest BCUT2D eigenvalue weighted by Gasteiger charge is -2.14. The van der Waals surface area contributed by atoms with Gasteiger partial charge in [0, 0.05) is 10.7 Å². The van der Waals surface area contributed by atoms with Crippen LogP contribution in [0.25, 0.3) is 5.69 Å². The van der Waals surface area contributed by atoms with Crippen LogP contribution in [0.2, 0.25) is 5.02 Å². The predicted molar refractivity (Wildman–Crippen MR) is 97.7 cm³/mol. The van der Waals surface area contributed by atoms with Gasteiger partial charge in [0.05, 0.1) is 5.69 Å². The number of hydrogen-bond acceptors (Lipinski definition) is 2. The van der Waals surface area contributed by atoms with Crippen LogP contribution in [0.15, 0.2) is 48.5 Å². The molecule has 0 fully saturated rings.